The summed E-state index contributed by atoms with van der Waals surface area (Å²) in [5.74, 6) is -0.336. The summed E-state index contributed by atoms with van der Waals surface area (Å²) in [5.41, 5.74) is 2.18. The number of nitrogens with zero attached hydrogens (tertiary/aromatic N) is 2. The van der Waals surface area contributed by atoms with E-state index in [9.17, 15) is 4.79 Å². The van der Waals surface area contributed by atoms with Gasteiger partial charge >= 0.3 is 0 Å². The van der Waals surface area contributed by atoms with E-state index in [0.717, 1.165) is 5.56 Å². The number of hydrogen-bond donors (Lipinski definition) is 1. The van der Waals surface area contributed by atoms with E-state index < -0.39 is 0 Å². The lowest BCUT2D eigenvalue weighted by atomic mass is 10.1. The van der Waals surface area contributed by atoms with Crippen LogP contribution in [0.3, 0.4) is 0 Å². The molecule has 1 amide bonds. The average Bonchev–Trinajstić information content (AvgIpc) is 2.57. The molecule has 0 unspecified atom stereocenters. The Balaban J connectivity index is 1.81. The summed E-state index contributed by atoms with van der Waals surface area (Å²) in [6, 6.07) is 13.9. The maximum Gasteiger partial charge on any atom is 0.274 e. The van der Waals surface area contributed by atoms with Crippen LogP contribution in [0.2, 0.25) is 10.0 Å². The fourth-order valence-corrected chi connectivity index (χ4v) is 2.43. The van der Waals surface area contributed by atoms with Crippen LogP contribution < -0.4 is 5.32 Å². The Morgan fingerprint density at radius 2 is 1.70 bits per heavy atom. The summed E-state index contributed by atoms with van der Waals surface area (Å²) in [5, 5.41) is 3.72. The highest BCUT2D eigenvalue weighted by atomic mass is 35.5. The van der Waals surface area contributed by atoms with Crippen molar-refractivity contribution in [3.63, 3.8) is 0 Å². The van der Waals surface area contributed by atoms with E-state index in [-0.39, 0.29) is 11.6 Å². The van der Waals surface area contributed by atoms with Crippen LogP contribution in [-0.2, 0) is 0 Å². The molecule has 0 spiro atoms. The molecule has 3 rings (SSSR count). The van der Waals surface area contributed by atoms with Gasteiger partial charge in [0.25, 0.3) is 5.91 Å². The molecular weight excluding hydrogens is 333 g/mol. The van der Waals surface area contributed by atoms with E-state index in [4.69, 9.17) is 23.2 Å². The number of carbonyl (C=O) groups excluding carboxylic acids is 1. The lowest BCUT2D eigenvalue weighted by Crippen LogP contribution is -2.13. The van der Waals surface area contributed by atoms with Crippen molar-refractivity contribution in [2.75, 3.05) is 5.32 Å². The minimum atomic E-state index is -0.336. The molecule has 6 heteroatoms. The van der Waals surface area contributed by atoms with Gasteiger partial charge in [0, 0.05) is 18.0 Å². The quantitative estimate of drug-likeness (QED) is 0.749. The molecule has 0 aliphatic rings. The van der Waals surface area contributed by atoms with Crippen molar-refractivity contribution in [1.29, 1.82) is 0 Å². The minimum absolute atomic E-state index is 0.278. The van der Waals surface area contributed by atoms with Crippen molar-refractivity contribution in [3.8, 4) is 11.3 Å². The molecule has 23 heavy (non-hydrogen) atoms. The van der Waals surface area contributed by atoms with Crippen LogP contribution in [0, 0.1) is 0 Å². The van der Waals surface area contributed by atoms with E-state index in [1.54, 1.807) is 60.9 Å². The fourth-order valence-electron chi connectivity index (χ4n) is 2.02. The maximum absolute atomic E-state index is 12.2. The minimum Gasteiger partial charge on any atom is -0.319 e. The number of amides is 1. The number of rotatable bonds is 3. The van der Waals surface area contributed by atoms with Gasteiger partial charge in [0.05, 0.1) is 21.4 Å². The lowest BCUT2D eigenvalue weighted by Gasteiger charge is -2.07. The fraction of sp³-hybridized carbons (Fsp3) is 0. The second kappa shape index (κ2) is 6.77. The molecule has 3 aromatic rings. The third-order valence-electron chi connectivity index (χ3n) is 3.15. The van der Waals surface area contributed by atoms with E-state index in [2.05, 4.69) is 15.3 Å². The number of halogens is 2. The Morgan fingerprint density at radius 3 is 2.39 bits per heavy atom. The van der Waals surface area contributed by atoms with Crippen molar-refractivity contribution in [2.24, 2.45) is 0 Å². The summed E-state index contributed by atoms with van der Waals surface area (Å²) in [7, 11) is 0. The first-order valence-corrected chi connectivity index (χ1v) is 7.53. The van der Waals surface area contributed by atoms with Crippen molar-refractivity contribution in [2.45, 2.75) is 0 Å². The number of pyridine rings is 2. The van der Waals surface area contributed by atoms with Crippen LogP contribution in [0.1, 0.15) is 10.5 Å². The molecule has 0 aliphatic carbocycles. The van der Waals surface area contributed by atoms with Gasteiger partial charge in [-0.25, -0.2) is 0 Å². The summed E-state index contributed by atoms with van der Waals surface area (Å²) >= 11 is 12.1. The van der Waals surface area contributed by atoms with Gasteiger partial charge in [-0.3, -0.25) is 14.8 Å². The molecule has 0 radical (unpaired) electrons. The first-order chi connectivity index (χ1) is 11.1. The Kier molecular flexibility index (Phi) is 4.55. The van der Waals surface area contributed by atoms with Gasteiger partial charge in [-0.15, -0.1) is 0 Å². The number of nitrogens with one attached hydrogen (secondary N) is 1. The SMILES string of the molecule is O=C(Nc1ccccc1Cl)c1ccc(-c2ncccc2Cl)cn1. The van der Waals surface area contributed by atoms with Crippen molar-refractivity contribution in [1.82, 2.24) is 9.97 Å². The maximum atomic E-state index is 12.2. The Bertz CT molecular complexity index is 850. The molecule has 114 valence electrons. The zero-order valence-corrected chi connectivity index (χ0v) is 13.3. The van der Waals surface area contributed by atoms with Crippen LogP contribution in [0.25, 0.3) is 11.3 Å². The molecule has 2 aromatic heterocycles. The molecular formula is C17H11Cl2N3O. The molecule has 0 saturated carbocycles. The summed E-state index contributed by atoms with van der Waals surface area (Å²) in [6.45, 7) is 0. The molecule has 0 bridgehead atoms. The van der Waals surface area contributed by atoms with Gasteiger partial charge in [-0.1, -0.05) is 35.3 Å². The Labute approximate surface area is 143 Å². The van der Waals surface area contributed by atoms with Crippen molar-refractivity contribution in [3.05, 3.63) is 76.7 Å². The van der Waals surface area contributed by atoms with Gasteiger partial charge in [0.2, 0.25) is 0 Å². The van der Waals surface area contributed by atoms with Gasteiger partial charge in [-0.2, -0.15) is 0 Å². The second-order valence-electron chi connectivity index (χ2n) is 4.70. The van der Waals surface area contributed by atoms with Crippen molar-refractivity contribution < 1.29 is 4.79 Å². The molecule has 4 nitrogen and oxygen atoms in total. The number of anilines is 1. The molecule has 0 atom stereocenters. The Hall–Kier alpha value is -2.43. The van der Waals surface area contributed by atoms with Crippen LogP contribution in [0.5, 0.6) is 0 Å². The topological polar surface area (TPSA) is 54.9 Å². The molecule has 0 aliphatic heterocycles. The zero-order valence-electron chi connectivity index (χ0n) is 11.8. The average molecular weight is 344 g/mol. The second-order valence-corrected chi connectivity index (χ2v) is 5.51. The van der Waals surface area contributed by atoms with E-state index in [1.165, 1.54) is 0 Å². The van der Waals surface area contributed by atoms with Crippen molar-refractivity contribution >= 4 is 34.8 Å². The monoisotopic (exact) mass is 343 g/mol. The zero-order chi connectivity index (χ0) is 16.2. The third-order valence-corrected chi connectivity index (χ3v) is 3.78. The van der Waals surface area contributed by atoms with Crippen LogP contribution >= 0.6 is 23.2 Å². The van der Waals surface area contributed by atoms with E-state index >= 15 is 0 Å². The highest BCUT2D eigenvalue weighted by Gasteiger charge is 2.11. The normalized spacial score (nSPS) is 10.3. The molecule has 0 fully saturated rings. The van der Waals surface area contributed by atoms with Gasteiger partial charge in [-0.05, 0) is 36.4 Å². The van der Waals surface area contributed by atoms with Gasteiger partial charge < -0.3 is 5.32 Å². The first-order valence-electron chi connectivity index (χ1n) is 6.78. The molecule has 1 aromatic carbocycles. The summed E-state index contributed by atoms with van der Waals surface area (Å²) in [6.07, 6.45) is 3.22. The van der Waals surface area contributed by atoms with E-state index in [0.29, 0.717) is 21.4 Å². The molecule has 1 N–H and O–H groups in total. The largest absolute Gasteiger partial charge is 0.319 e. The van der Waals surface area contributed by atoms with Crippen LogP contribution in [0.15, 0.2) is 60.9 Å². The van der Waals surface area contributed by atoms with Gasteiger partial charge in [0.1, 0.15) is 5.69 Å². The highest BCUT2D eigenvalue weighted by molar-refractivity contribution is 6.34. The number of aromatic nitrogens is 2. The van der Waals surface area contributed by atoms with Crippen LogP contribution in [-0.4, -0.2) is 15.9 Å². The number of benzene rings is 1. The smallest absolute Gasteiger partial charge is 0.274 e. The third kappa shape index (κ3) is 3.50. The van der Waals surface area contributed by atoms with Gasteiger partial charge in [0.15, 0.2) is 0 Å². The lowest BCUT2D eigenvalue weighted by molar-refractivity contribution is 0.102. The number of hydrogen-bond acceptors (Lipinski definition) is 3. The standard InChI is InChI=1S/C17H11Cl2N3O/c18-12-4-1-2-6-14(12)22-17(23)15-8-7-11(10-21-15)16-13(19)5-3-9-20-16/h1-10H,(H,22,23). The predicted octanol–water partition coefficient (Wildman–Crippen LogP) is 4.70. The molecule has 0 saturated heterocycles. The summed E-state index contributed by atoms with van der Waals surface area (Å²) < 4.78 is 0. The van der Waals surface area contributed by atoms with Crippen LogP contribution in [0.4, 0.5) is 5.69 Å². The predicted molar refractivity (Wildman–Crippen MR) is 91.9 cm³/mol. The van der Waals surface area contributed by atoms with E-state index in [1.807, 2.05) is 0 Å². The Morgan fingerprint density at radius 1 is 0.913 bits per heavy atom. The summed E-state index contributed by atoms with van der Waals surface area (Å²) in [4.78, 5) is 20.6. The molecule has 2 heterocycles. The first kappa shape index (κ1) is 15.5. The number of carbonyl (C=O) groups is 1. The number of para-hydroxylation sites is 1. The highest BCUT2D eigenvalue weighted by Crippen LogP contribution is 2.25.